The van der Waals surface area contributed by atoms with E-state index >= 15 is 0 Å². The molecule has 3 rings (SSSR count). The molecule has 1 fully saturated rings. The van der Waals surface area contributed by atoms with Crippen molar-refractivity contribution in [2.45, 2.75) is 18.9 Å². The third kappa shape index (κ3) is 4.69. The minimum atomic E-state index is -1.07. The van der Waals surface area contributed by atoms with Gasteiger partial charge in [0.15, 0.2) is 0 Å². The van der Waals surface area contributed by atoms with Gasteiger partial charge in [-0.1, -0.05) is 42.5 Å². The molecule has 0 aliphatic carbocycles. The van der Waals surface area contributed by atoms with Crippen molar-refractivity contribution in [1.82, 2.24) is 4.90 Å². The fraction of sp³-hybridized carbons (Fsp3) is 0.381. The second kappa shape index (κ2) is 8.45. The van der Waals surface area contributed by atoms with Crippen LogP contribution in [-0.4, -0.2) is 43.7 Å². The SMILES string of the molecule is CC(N)(C(=O)Nc1ccc(CCN2CCOCC2)cc1)c1ccccc1. The largest absolute Gasteiger partial charge is 0.379 e. The molecule has 1 aliphatic rings. The second-order valence-electron chi connectivity index (χ2n) is 6.92. The Bertz CT molecular complexity index is 708. The molecule has 1 heterocycles. The third-order valence-corrected chi connectivity index (χ3v) is 4.88. The van der Waals surface area contributed by atoms with Crippen LogP contribution in [0.5, 0.6) is 0 Å². The molecule has 0 saturated carbocycles. The zero-order chi connectivity index (χ0) is 18.4. The van der Waals surface area contributed by atoms with Crippen LogP contribution in [0.25, 0.3) is 0 Å². The summed E-state index contributed by atoms with van der Waals surface area (Å²) in [6, 6.07) is 17.4. The number of hydrogen-bond acceptors (Lipinski definition) is 4. The number of nitrogens with two attached hydrogens (primary N) is 1. The summed E-state index contributed by atoms with van der Waals surface area (Å²) in [5.41, 5.74) is 8.00. The zero-order valence-corrected chi connectivity index (χ0v) is 15.3. The van der Waals surface area contributed by atoms with Crippen molar-refractivity contribution in [2.24, 2.45) is 5.73 Å². The number of anilines is 1. The van der Waals surface area contributed by atoms with E-state index in [2.05, 4.69) is 22.3 Å². The first kappa shape index (κ1) is 18.6. The highest BCUT2D eigenvalue weighted by Gasteiger charge is 2.30. The molecule has 5 nitrogen and oxygen atoms in total. The van der Waals surface area contributed by atoms with Crippen molar-refractivity contribution in [1.29, 1.82) is 0 Å². The smallest absolute Gasteiger partial charge is 0.248 e. The highest BCUT2D eigenvalue weighted by atomic mass is 16.5. The molecule has 1 atom stereocenters. The summed E-state index contributed by atoms with van der Waals surface area (Å²) in [6.07, 6.45) is 0.993. The lowest BCUT2D eigenvalue weighted by molar-refractivity contribution is -0.120. The van der Waals surface area contributed by atoms with Gasteiger partial charge in [-0.3, -0.25) is 9.69 Å². The number of carbonyl (C=O) groups excluding carboxylic acids is 1. The Kier molecular flexibility index (Phi) is 6.04. The van der Waals surface area contributed by atoms with Gasteiger partial charge in [0.05, 0.1) is 13.2 Å². The van der Waals surface area contributed by atoms with Gasteiger partial charge < -0.3 is 15.8 Å². The van der Waals surface area contributed by atoms with E-state index in [4.69, 9.17) is 10.5 Å². The molecule has 2 aromatic rings. The number of nitrogens with one attached hydrogen (secondary N) is 1. The van der Waals surface area contributed by atoms with E-state index in [-0.39, 0.29) is 5.91 Å². The number of rotatable bonds is 6. The number of morpholine rings is 1. The molecule has 5 heteroatoms. The quantitative estimate of drug-likeness (QED) is 0.837. The minimum absolute atomic E-state index is 0.218. The molecular weight excluding hydrogens is 326 g/mol. The first-order valence-electron chi connectivity index (χ1n) is 9.10. The van der Waals surface area contributed by atoms with Gasteiger partial charge in [0.1, 0.15) is 5.54 Å². The van der Waals surface area contributed by atoms with Gasteiger partial charge in [-0.05, 0) is 36.6 Å². The van der Waals surface area contributed by atoms with Crippen LogP contribution in [0.1, 0.15) is 18.1 Å². The predicted molar refractivity (Wildman–Crippen MR) is 104 cm³/mol. The van der Waals surface area contributed by atoms with Gasteiger partial charge >= 0.3 is 0 Å². The lowest BCUT2D eigenvalue weighted by Gasteiger charge is -2.26. The van der Waals surface area contributed by atoms with Crippen LogP contribution in [0, 0.1) is 0 Å². The number of hydrogen-bond donors (Lipinski definition) is 2. The first-order chi connectivity index (χ1) is 12.6. The van der Waals surface area contributed by atoms with Crippen LogP contribution in [0.3, 0.4) is 0 Å². The number of ether oxygens (including phenoxy) is 1. The molecule has 1 unspecified atom stereocenters. The summed E-state index contributed by atoms with van der Waals surface area (Å²) in [4.78, 5) is 15.0. The Morgan fingerprint density at radius 2 is 1.77 bits per heavy atom. The van der Waals surface area contributed by atoms with Crippen molar-refractivity contribution in [2.75, 3.05) is 38.2 Å². The van der Waals surface area contributed by atoms with Crippen molar-refractivity contribution in [3.05, 3.63) is 65.7 Å². The van der Waals surface area contributed by atoms with E-state index in [1.54, 1.807) is 6.92 Å². The summed E-state index contributed by atoms with van der Waals surface area (Å²) in [5, 5.41) is 2.92. The van der Waals surface area contributed by atoms with E-state index in [1.165, 1.54) is 5.56 Å². The van der Waals surface area contributed by atoms with Crippen molar-refractivity contribution < 1.29 is 9.53 Å². The Morgan fingerprint density at radius 3 is 2.42 bits per heavy atom. The van der Waals surface area contributed by atoms with E-state index in [0.29, 0.717) is 0 Å². The van der Waals surface area contributed by atoms with Crippen LogP contribution in [0.2, 0.25) is 0 Å². The molecule has 0 aromatic heterocycles. The summed E-state index contributed by atoms with van der Waals surface area (Å²) in [6.45, 7) is 6.41. The van der Waals surface area contributed by atoms with E-state index in [0.717, 1.165) is 50.5 Å². The molecule has 1 saturated heterocycles. The molecule has 1 aliphatic heterocycles. The van der Waals surface area contributed by atoms with Gasteiger partial charge in [-0.2, -0.15) is 0 Å². The molecule has 1 amide bonds. The highest BCUT2D eigenvalue weighted by Crippen LogP contribution is 2.20. The van der Waals surface area contributed by atoms with Crippen LogP contribution in [-0.2, 0) is 21.5 Å². The Balaban J connectivity index is 1.55. The maximum Gasteiger partial charge on any atom is 0.248 e. The fourth-order valence-electron chi connectivity index (χ4n) is 3.04. The fourth-order valence-corrected chi connectivity index (χ4v) is 3.04. The highest BCUT2D eigenvalue weighted by molar-refractivity contribution is 5.98. The molecule has 0 spiro atoms. The average molecular weight is 353 g/mol. The predicted octanol–water partition coefficient (Wildman–Crippen LogP) is 2.37. The van der Waals surface area contributed by atoms with Gasteiger partial charge in [0, 0.05) is 25.3 Å². The van der Waals surface area contributed by atoms with E-state index in [9.17, 15) is 4.79 Å². The molecule has 0 bridgehead atoms. The van der Waals surface area contributed by atoms with Crippen molar-refractivity contribution >= 4 is 11.6 Å². The maximum atomic E-state index is 12.6. The van der Waals surface area contributed by atoms with Gasteiger partial charge in [0.25, 0.3) is 0 Å². The standard InChI is InChI=1S/C21H27N3O2/c1-21(22,18-5-3-2-4-6-18)20(25)23-19-9-7-17(8-10-19)11-12-24-13-15-26-16-14-24/h2-10H,11-16,22H2,1H3,(H,23,25). The number of carbonyl (C=O) groups is 1. The molecule has 138 valence electrons. The first-order valence-corrected chi connectivity index (χ1v) is 9.10. The van der Waals surface area contributed by atoms with E-state index < -0.39 is 5.54 Å². The van der Waals surface area contributed by atoms with Gasteiger partial charge in [-0.25, -0.2) is 0 Å². The molecule has 0 radical (unpaired) electrons. The third-order valence-electron chi connectivity index (χ3n) is 4.88. The summed E-state index contributed by atoms with van der Waals surface area (Å²) in [5.74, 6) is -0.218. The van der Waals surface area contributed by atoms with E-state index in [1.807, 2.05) is 42.5 Å². The lowest BCUT2D eigenvalue weighted by atomic mass is 9.92. The number of benzene rings is 2. The van der Waals surface area contributed by atoms with Crippen molar-refractivity contribution in [3.8, 4) is 0 Å². The van der Waals surface area contributed by atoms with Crippen LogP contribution < -0.4 is 11.1 Å². The summed E-state index contributed by atoms with van der Waals surface area (Å²) >= 11 is 0. The summed E-state index contributed by atoms with van der Waals surface area (Å²) < 4.78 is 5.37. The second-order valence-corrected chi connectivity index (χ2v) is 6.92. The topological polar surface area (TPSA) is 67.6 Å². The number of amides is 1. The summed E-state index contributed by atoms with van der Waals surface area (Å²) in [7, 11) is 0. The Morgan fingerprint density at radius 1 is 1.12 bits per heavy atom. The number of nitrogens with zero attached hydrogens (tertiary/aromatic N) is 1. The molecule has 3 N–H and O–H groups in total. The lowest BCUT2D eigenvalue weighted by Crippen LogP contribution is -2.45. The normalized spacial score (nSPS) is 17.5. The van der Waals surface area contributed by atoms with Crippen LogP contribution >= 0.6 is 0 Å². The zero-order valence-electron chi connectivity index (χ0n) is 15.3. The maximum absolute atomic E-state index is 12.6. The van der Waals surface area contributed by atoms with Crippen molar-refractivity contribution in [3.63, 3.8) is 0 Å². The monoisotopic (exact) mass is 353 g/mol. The van der Waals surface area contributed by atoms with Crippen LogP contribution in [0.4, 0.5) is 5.69 Å². The van der Waals surface area contributed by atoms with Gasteiger partial charge in [0.2, 0.25) is 5.91 Å². The molecule has 2 aromatic carbocycles. The minimum Gasteiger partial charge on any atom is -0.379 e. The van der Waals surface area contributed by atoms with Gasteiger partial charge in [-0.15, -0.1) is 0 Å². The Hall–Kier alpha value is -2.21. The van der Waals surface area contributed by atoms with Crippen LogP contribution in [0.15, 0.2) is 54.6 Å². The Labute approximate surface area is 155 Å². The molecule has 26 heavy (non-hydrogen) atoms. The molecular formula is C21H27N3O2. The average Bonchev–Trinajstić information content (AvgIpc) is 2.69.